The molecule has 1 heterocycles. The fourth-order valence-electron chi connectivity index (χ4n) is 3.86. The van der Waals surface area contributed by atoms with Gasteiger partial charge in [0.05, 0.1) is 12.1 Å². The summed E-state index contributed by atoms with van der Waals surface area (Å²) in [4.78, 5) is 14.6. The van der Waals surface area contributed by atoms with Crippen molar-refractivity contribution >= 4 is 11.8 Å². The molecule has 0 fully saturated rings. The van der Waals surface area contributed by atoms with Crippen LogP contribution in [-0.4, -0.2) is 31.3 Å². The van der Waals surface area contributed by atoms with Gasteiger partial charge < -0.3 is 20.3 Å². The minimum Gasteiger partial charge on any atom is -0.447 e. The third kappa shape index (κ3) is 5.33. The number of nitrogens with one attached hydrogen (secondary N) is 2. The first-order valence-corrected chi connectivity index (χ1v) is 10.9. The van der Waals surface area contributed by atoms with Crippen molar-refractivity contribution in [2.75, 3.05) is 11.9 Å². The Morgan fingerprint density at radius 1 is 1.10 bits per heavy atom. The van der Waals surface area contributed by atoms with Crippen LogP contribution in [0.4, 0.5) is 10.5 Å². The molecule has 5 nitrogen and oxygen atoms in total. The van der Waals surface area contributed by atoms with E-state index in [1.807, 2.05) is 13.8 Å². The Hall–Kier alpha value is -2.53. The number of hydrogen-bond acceptors (Lipinski definition) is 4. The van der Waals surface area contributed by atoms with Gasteiger partial charge in [0.1, 0.15) is 0 Å². The Labute approximate surface area is 180 Å². The summed E-state index contributed by atoms with van der Waals surface area (Å²) in [7, 11) is 2.11. The summed E-state index contributed by atoms with van der Waals surface area (Å²) in [6.07, 6.45) is 0.355. The zero-order valence-electron chi connectivity index (χ0n) is 19.0. The normalized spacial score (nSPS) is 18.5. The van der Waals surface area contributed by atoms with Gasteiger partial charge in [-0.05, 0) is 61.6 Å². The molecule has 0 saturated carbocycles. The molecule has 2 unspecified atom stereocenters. The standard InChI is InChI=1S/C25H35N3O2/c1-16(2)26-15-19-7-9-20(10-8-19)21-11-12-24-22(14-21)23(13-18(5)28(24)6)27-25(29)30-17(3)4/h7-12,14,16-18,23,26H,13,15H2,1-6H3,(H,27,29). The smallest absolute Gasteiger partial charge is 0.407 e. The van der Waals surface area contributed by atoms with Gasteiger partial charge in [0, 0.05) is 31.4 Å². The lowest BCUT2D eigenvalue weighted by Crippen LogP contribution is -2.41. The number of fused-ring (bicyclic) bond motifs is 1. The van der Waals surface area contributed by atoms with Crippen LogP contribution in [0.1, 0.15) is 58.2 Å². The number of hydrogen-bond donors (Lipinski definition) is 2. The minimum atomic E-state index is -0.356. The second-order valence-electron chi connectivity index (χ2n) is 8.85. The highest BCUT2D eigenvalue weighted by Gasteiger charge is 2.30. The second kappa shape index (κ2) is 9.52. The van der Waals surface area contributed by atoms with Crippen LogP contribution < -0.4 is 15.5 Å². The first-order valence-electron chi connectivity index (χ1n) is 10.9. The van der Waals surface area contributed by atoms with Crippen molar-refractivity contribution in [1.82, 2.24) is 10.6 Å². The highest BCUT2D eigenvalue weighted by molar-refractivity contribution is 5.73. The van der Waals surface area contributed by atoms with Crippen molar-refractivity contribution in [1.29, 1.82) is 0 Å². The molecule has 0 bridgehead atoms. The summed E-state index contributed by atoms with van der Waals surface area (Å²) >= 11 is 0. The van der Waals surface area contributed by atoms with Crippen molar-refractivity contribution in [3.8, 4) is 11.1 Å². The summed E-state index contributed by atoms with van der Waals surface area (Å²) in [5.74, 6) is 0. The average molecular weight is 410 g/mol. The highest BCUT2D eigenvalue weighted by Crippen LogP contribution is 2.38. The lowest BCUT2D eigenvalue weighted by Gasteiger charge is -2.39. The van der Waals surface area contributed by atoms with Crippen LogP contribution in [-0.2, 0) is 11.3 Å². The van der Waals surface area contributed by atoms with E-state index >= 15 is 0 Å². The average Bonchev–Trinajstić information content (AvgIpc) is 2.69. The Kier molecular flexibility index (Phi) is 7.03. The Bertz CT molecular complexity index is 861. The third-order valence-corrected chi connectivity index (χ3v) is 5.66. The largest absolute Gasteiger partial charge is 0.447 e. The van der Waals surface area contributed by atoms with Crippen LogP contribution in [0, 0.1) is 0 Å². The predicted octanol–water partition coefficient (Wildman–Crippen LogP) is 5.26. The number of amides is 1. The lowest BCUT2D eigenvalue weighted by molar-refractivity contribution is 0.111. The summed E-state index contributed by atoms with van der Waals surface area (Å²) in [5, 5.41) is 6.53. The van der Waals surface area contributed by atoms with Gasteiger partial charge in [-0.2, -0.15) is 0 Å². The van der Waals surface area contributed by atoms with Gasteiger partial charge in [-0.1, -0.05) is 44.2 Å². The molecule has 30 heavy (non-hydrogen) atoms. The number of anilines is 1. The molecule has 1 aliphatic heterocycles. The van der Waals surface area contributed by atoms with Crippen molar-refractivity contribution in [2.45, 2.75) is 71.8 Å². The maximum absolute atomic E-state index is 12.3. The molecule has 3 rings (SSSR count). The number of rotatable bonds is 6. The quantitative estimate of drug-likeness (QED) is 0.684. The Morgan fingerprint density at radius 3 is 2.40 bits per heavy atom. The van der Waals surface area contributed by atoms with Gasteiger partial charge in [0.2, 0.25) is 0 Å². The fourth-order valence-corrected chi connectivity index (χ4v) is 3.86. The van der Waals surface area contributed by atoms with E-state index in [1.54, 1.807) is 0 Å². The molecular formula is C25H35N3O2. The third-order valence-electron chi connectivity index (χ3n) is 5.66. The SMILES string of the molecule is CC(C)NCc1ccc(-c2ccc3c(c2)C(NC(=O)OC(C)C)CC(C)N3C)cc1. The van der Waals surface area contributed by atoms with Crippen LogP contribution >= 0.6 is 0 Å². The van der Waals surface area contributed by atoms with E-state index in [9.17, 15) is 4.79 Å². The maximum atomic E-state index is 12.3. The van der Waals surface area contributed by atoms with E-state index in [0.717, 1.165) is 29.8 Å². The summed E-state index contributed by atoms with van der Waals surface area (Å²) in [6, 6.07) is 16.0. The molecule has 0 saturated heterocycles. The first-order chi connectivity index (χ1) is 14.2. The van der Waals surface area contributed by atoms with Crippen molar-refractivity contribution in [3.05, 3.63) is 53.6 Å². The summed E-state index contributed by atoms with van der Waals surface area (Å²) < 4.78 is 5.33. The first kappa shape index (κ1) is 22.2. The molecule has 162 valence electrons. The van der Waals surface area contributed by atoms with E-state index in [-0.39, 0.29) is 18.2 Å². The van der Waals surface area contributed by atoms with E-state index in [1.165, 1.54) is 11.1 Å². The number of benzene rings is 2. The molecule has 0 aliphatic carbocycles. The van der Waals surface area contributed by atoms with Crippen LogP contribution in [0.5, 0.6) is 0 Å². The second-order valence-corrected chi connectivity index (χ2v) is 8.85. The maximum Gasteiger partial charge on any atom is 0.407 e. The van der Waals surface area contributed by atoms with Gasteiger partial charge in [-0.3, -0.25) is 0 Å². The number of carbonyl (C=O) groups excluding carboxylic acids is 1. The molecule has 1 amide bonds. The number of alkyl carbamates (subject to hydrolysis) is 1. The van der Waals surface area contributed by atoms with Gasteiger partial charge in [-0.15, -0.1) is 0 Å². The summed E-state index contributed by atoms with van der Waals surface area (Å²) in [5.41, 5.74) is 5.90. The summed E-state index contributed by atoms with van der Waals surface area (Å²) in [6.45, 7) is 11.1. The van der Waals surface area contributed by atoms with Crippen molar-refractivity contribution < 1.29 is 9.53 Å². The van der Waals surface area contributed by atoms with Gasteiger partial charge in [0.25, 0.3) is 0 Å². The molecule has 0 aromatic heterocycles. The van der Waals surface area contributed by atoms with Crippen LogP contribution in [0.15, 0.2) is 42.5 Å². The minimum absolute atomic E-state index is 0.0630. The molecule has 2 aromatic rings. The van der Waals surface area contributed by atoms with Gasteiger partial charge in [0.15, 0.2) is 0 Å². The van der Waals surface area contributed by atoms with Crippen molar-refractivity contribution in [2.24, 2.45) is 0 Å². The molecular weight excluding hydrogens is 374 g/mol. The Morgan fingerprint density at radius 2 is 1.77 bits per heavy atom. The zero-order chi connectivity index (χ0) is 21.8. The van der Waals surface area contributed by atoms with E-state index < -0.39 is 0 Å². The number of carbonyl (C=O) groups is 1. The molecule has 2 N–H and O–H groups in total. The number of nitrogens with zero attached hydrogens (tertiary/aromatic N) is 1. The van der Waals surface area contributed by atoms with Gasteiger partial charge >= 0.3 is 6.09 Å². The lowest BCUT2D eigenvalue weighted by atomic mass is 9.89. The number of ether oxygens (including phenoxy) is 1. The molecule has 2 aromatic carbocycles. The van der Waals surface area contributed by atoms with Crippen LogP contribution in [0.2, 0.25) is 0 Å². The van der Waals surface area contributed by atoms with Crippen LogP contribution in [0.25, 0.3) is 11.1 Å². The van der Waals surface area contributed by atoms with E-state index in [0.29, 0.717) is 12.1 Å². The van der Waals surface area contributed by atoms with Gasteiger partial charge in [-0.25, -0.2) is 4.79 Å². The van der Waals surface area contributed by atoms with Crippen molar-refractivity contribution in [3.63, 3.8) is 0 Å². The van der Waals surface area contributed by atoms with E-state index in [2.05, 4.69) is 85.8 Å². The fraction of sp³-hybridized carbons (Fsp3) is 0.480. The predicted molar refractivity (Wildman–Crippen MR) is 124 cm³/mol. The highest BCUT2D eigenvalue weighted by atomic mass is 16.6. The topological polar surface area (TPSA) is 53.6 Å². The molecule has 0 spiro atoms. The Balaban J connectivity index is 1.85. The molecule has 2 atom stereocenters. The zero-order valence-corrected chi connectivity index (χ0v) is 19.0. The van der Waals surface area contributed by atoms with Crippen LogP contribution in [0.3, 0.4) is 0 Å². The molecule has 5 heteroatoms. The monoisotopic (exact) mass is 409 g/mol. The van der Waals surface area contributed by atoms with E-state index in [4.69, 9.17) is 4.74 Å². The molecule has 1 aliphatic rings. The molecule has 0 radical (unpaired) electrons.